The van der Waals surface area contributed by atoms with Crippen LogP contribution < -0.4 is 50.9 Å². The van der Waals surface area contributed by atoms with Gasteiger partial charge < -0.3 is 64.4 Å². The molecule has 0 fully saturated rings. The average Bonchev–Trinajstić information content (AvgIpc) is 3.06. The molecular formula is C45H98Br3N3. The summed E-state index contributed by atoms with van der Waals surface area (Å²) in [6.45, 7) is 16.4. The fourth-order valence-electron chi connectivity index (χ4n) is 7.62. The molecule has 0 aromatic heterocycles. The van der Waals surface area contributed by atoms with Crippen molar-refractivity contribution in [3.8, 4) is 0 Å². The molecule has 0 unspecified atom stereocenters. The Labute approximate surface area is 356 Å². The van der Waals surface area contributed by atoms with Crippen molar-refractivity contribution < 1.29 is 64.4 Å². The molecule has 0 saturated heterocycles. The smallest absolute Gasteiger partial charge is 0.128 e. The quantitative estimate of drug-likeness (QED) is 0.0637. The first-order valence-corrected chi connectivity index (χ1v) is 22.6. The van der Waals surface area contributed by atoms with Crippen LogP contribution in [0.1, 0.15) is 213 Å². The average molecular weight is 921 g/mol. The van der Waals surface area contributed by atoms with E-state index in [1.165, 1.54) is 252 Å². The number of halogens is 3. The highest BCUT2D eigenvalue weighted by molar-refractivity contribution is 4.52. The van der Waals surface area contributed by atoms with Gasteiger partial charge in [0.15, 0.2) is 0 Å². The molecule has 0 aromatic carbocycles. The minimum absolute atomic E-state index is 0. The van der Waals surface area contributed by atoms with Gasteiger partial charge in [0.2, 0.25) is 0 Å². The molecule has 51 heavy (non-hydrogen) atoms. The molecule has 0 heterocycles. The second-order valence-electron chi connectivity index (χ2n) is 18.1. The molecule has 0 N–H and O–H groups in total. The summed E-state index contributed by atoms with van der Waals surface area (Å²) in [5.74, 6) is 0. The van der Waals surface area contributed by atoms with E-state index in [4.69, 9.17) is 0 Å². The molecule has 0 saturated carbocycles. The fraction of sp³-hybridized carbons (Fsp3) is 1.00. The van der Waals surface area contributed by atoms with Crippen molar-refractivity contribution in [3.05, 3.63) is 0 Å². The maximum absolute atomic E-state index is 2.62. The Morgan fingerprint density at radius 2 is 0.412 bits per heavy atom. The number of hydrogen-bond donors (Lipinski definition) is 0. The molecule has 0 aromatic rings. The number of nitrogens with zero attached hydrogens (tertiary/aromatic N) is 3. The van der Waals surface area contributed by atoms with E-state index in [2.05, 4.69) is 56.0 Å². The third kappa shape index (κ3) is 42.3. The maximum atomic E-state index is 2.62. The number of unbranched alkanes of at least 4 members (excludes halogenated alkanes) is 27. The zero-order valence-electron chi connectivity index (χ0n) is 36.6. The largest absolute Gasteiger partial charge is 1.00 e. The summed E-state index contributed by atoms with van der Waals surface area (Å²) in [6.07, 6.45) is 43.2. The van der Waals surface area contributed by atoms with Crippen LogP contribution in [0.4, 0.5) is 0 Å². The van der Waals surface area contributed by atoms with Crippen molar-refractivity contribution in [1.29, 1.82) is 0 Å². The molecule has 0 spiro atoms. The van der Waals surface area contributed by atoms with Crippen LogP contribution in [-0.4, -0.2) is 94.5 Å². The van der Waals surface area contributed by atoms with Crippen molar-refractivity contribution in [1.82, 2.24) is 0 Å². The molecule has 0 aliphatic carbocycles. The molecule has 6 heteroatoms. The number of quaternary nitrogens is 3. The summed E-state index contributed by atoms with van der Waals surface area (Å²) in [6, 6.07) is 0. The van der Waals surface area contributed by atoms with Crippen molar-refractivity contribution in [2.45, 2.75) is 213 Å². The van der Waals surface area contributed by atoms with Crippen LogP contribution in [0, 0.1) is 0 Å². The number of likely N-dealkylation sites (N-methyl/N-ethyl adjacent to an activating group) is 3. The van der Waals surface area contributed by atoms with Gasteiger partial charge in [-0.1, -0.05) is 175 Å². The van der Waals surface area contributed by atoms with Crippen LogP contribution in [0.2, 0.25) is 0 Å². The Hall–Kier alpha value is 1.32. The molecule has 0 atom stereocenters. The third-order valence-electron chi connectivity index (χ3n) is 11.8. The molecule has 3 nitrogen and oxygen atoms in total. The van der Waals surface area contributed by atoms with Crippen LogP contribution in [0.5, 0.6) is 0 Å². The van der Waals surface area contributed by atoms with Crippen LogP contribution in [0.3, 0.4) is 0 Å². The topological polar surface area (TPSA) is 0 Å². The minimum atomic E-state index is 0. The van der Waals surface area contributed by atoms with E-state index < -0.39 is 0 Å². The SMILES string of the molecule is CCCCCCCCCCCC[N+](C)(C)CC[N+](C)(CCCCCCCCCCCC)CC[N+](C)(C)CCCCCCCCCCCC.[Br-].[Br-].[Br-]. The highest BCUT2D eigenvalue weighted by atomic mass is 79.9. The van der Waals surface area contributed by atoms with Gasteiger partial charge in [0.1, 0.15) is 26.2 Å². The maximum Gasteiger partial charge on any atom is 0.128 e. The second kappa shape index (κ2) is 41.0. The predicted octanol–water partition coefficient (Wildman–Crippen LogP) is 4.36. The summed E-state index contributed by atoms with van der Waals surface area (Å²) in [5.41, 5.74) is 0. The fourth-order valence-corrected chi connectivity index (χ4v) is 7.62. The molecule has 0 bridgehead atoms. The highest BCUT2D eigenvalue weighted by Crippen LogP contribution is 2.17. The summed E-state index contributed by atoms with van der Waals surface area (Å²) in [5, 5.41) is 0. The van der Waals surface area contributed by atoms with Crippen LogP contribution >= 0.6 is 0 Å². The van der Waals surface area contributed by atoms with Crippen LogP contribution in [-0.2, 0) is 0 Å². The molecular weight excluding hydrogens is 822 g/mol. The Balaban J connectivity index is -0.00000368. The van der Waals surface area contributed by atoms with Gasteiger partial charge in [0, 0.05) is 0 Å². The monoisotopic (exact) mass is 918 g/mol. The van der Waals surface area contributed by atoms with Gasteiger partial charge >= 0.3 is 0 Å². The first kappa shape index (κ1) is 59.0. The van der Waals surface area contributed by atoms with Gasteiger partial charge in [-0.2, -0.15) is 0 Å². The number of rotatable bonds is 39. The van der Waals surface area contributed by atoms with Gasteiger partial charge in [0.25, 0.3) is 0 Å². The summed E-state index contributed by atoms with van der Waals surface area (Å²) < 4.78 is 3.70. The highest BCUT2D eigenvalue weighted by Gasteiger charge is 2.29. The van der Waals surface area contributed by atoms with Gasteiger partial charge in [-0.05, 0) is 38.5 Å². The lowest BCUT2D eigenvalue weighted by Crippen LogP contribution is -3.00. The summed E-state index contributed by atoms with van der Waals surface area (Å²) in [4.78, 5) is 0. The Kier molecular flexibility index (Phi) is 47.4. The lowest BCUT2D eigenvalue weighted by Gasteiger charge is -2.40. The van der Waals surface area contributed by atoms with Crippen molar-refractivity contribution in [2.75, 3.05) is 81.1 Å². The molecule has 314 valence electrons. The van der Waals surface area contributed by atoms with Gasteiger partial charge in [-0.15, -0.1) is 0 Å². The van der Waals surface area contributed by atoms with Crippen LogP contribution in [0.15, 0.2) is 0 Å². The van der Waals surface area contributed by atoms with E-state index >= 15 is 0 Å². The predicted molar refractivity (Wildman–Crippen MR) is 220 cm³/mol. The standard InChI is InChI=1S/C45H98N3.3BrH/c1-9-12-15-18-21-24-27-30-33-36-39-46(4,5)42-44-48(8,41-38-35-32-29-26-23-20-17-14-11-3)45-43-47(6,7)40-37-34-31-28-25-22-19-16-13-10-2;;;/h9-45H2,1-8H3;3*1H/q+3;;;/p-3. The normalized spacial score (nSPS) is 12.0. The van der Waals surface area contributed by atoms with Crippen molar-refractivity contribution >= 4 is 0 Å². The van der Waals surface area contributed by atoms with Crippen molar-refractivity contribution in [3.63, 3.8) is 0 Å². The van der Waals surface area contributed by atoms with E-state index in [0.717, 1.165) is 0 Å². The van der Waals surface area contributed by atoms with Gasteiger partial charge in [0.05, 0.1) is 54.9 Å². The van der Waals surface area contributed by atoms with E-state index in [1.807, 2.05) is 0 Å². The summed E-state index contributed by atoms with van der Waals surface area (Å²) in [7, 11) is 12.7. The minimum Gasteiger partial charge on any atom is -1.00 e. The molecule has 0 rings (SSSR count). The number of hydrogen-bond acceptors (Lipinski definition) is 0. The third-order valence-corrected chi connectivity index (χ3v) is 11.8. The van der Waals surface area contributed by atoms with E-state index in [-0.39, 0.29) is 50.9 Å². The second-order valence-corrected chi connectivity index (χ2v) is 18.1. The molecule has 0 aliphatic heterocycles. The molecule has 0 aliphatic rings. The first-order valence-electron chi connectivity index (χ1n) is 22.6. The zero-order chi connectivity index (χ0) is 35.7. The first-order chi connectivity index (χ1) is 23.1. The van der Waals surface area contributed by atoms with E-state index in [0.29, 0.717) is 0 Å². The van der Waals surface area contributed by atoms with Gasteiger partial charge in [-0.25, -0.2) is 0 Å². The Morgan fingerprint density at radius 3 is 0.647 bits per heavy atom. The van der Waals surface area contributed by atoms with E-state index in [9.17, 15) is 0 Å². The van der Waals surface area contributed by atoms with Crippen LogP contribution in [0.25, 0.3) is 0 Å². The van der Waals surface area contributed by atoms with E-state index in [1.54, 1.807) is 0 Å². The van der Waals surface area contributed by atoms with Crippen molar-refractivity contribution in [2.24, 2.45) is 0 Å². The Bertz CT molecular complexity index is 619. The lowest BCUT2D eigenvalue weighted by molar-refractivity contribution is -0.977. The Morgan fingerprint density at radius 1 is 0.216 bits per heavy atom. The molecule has 0 radical (unpaired) electrons. The zero-order valence-corrected chi connectivity index (χ0v) is 41.4. The summed E-state index contributed by atoms with van der Waals surface area (Å²) >= 11 is 0. The molecule has 0 amide bonds. The van der Waals surface area contributed by atoms with Gasteiger partial charge in [-0.3, -0.25) is 0 Å². The lowest BCUT2D eigenvalue weighted by atomic mass is 10.1.